The Labute approximate surface area is 159 Å². The second kappa shape index (κ2) is 12.5. The van der Waals surface area contributed by atoms with Gasteiger partial charge in [0.05, 0.1) is 19.0 Å². The molecule has 0 saturated carbocycles. The molecule has 0 saturated heterocycles. The summed E-state index contributed by atoms with van der Waals surface area (Å²) in [5.41, 5.74) is 2.45. The van der Waals surface area contributed by atoms with Crippen molar-refractivity contribution in [3.63, 3.8) is 0 Å². The van der Waals surface area contributed by atoms with Crippen LogP contribution in [0.1, 0.15) is 77.2 Å². The minimum atomic E-state index is 0.751. The van der Waals surface area contributed by atoms with Gasteiger partial charge in [0.2, 0.25) is 0 Å². The molecule has 0 spiro atoms. The minimum Gasteiger partial charge on any atom is -0.490 e. The highest BCUT2D eigenvalue weighted by atomic mass is 16.5. The summed E-state index contributed by atoms with van der Waals surface area (Å²) in [6.45, 7) is 5.23. The summed E-state index contributed by atoms with van der Waals surface area (Å²) < 4.78 is 5.75. The molecule has 2 aromatic rings. The number of aryl methyl sites for hydroxylation is 1. The number of ether oxygens (including phenoxy) is 1. The van der Waals surface area contributed by atoms with E-state index in [4.69, 9.17) is 4.74 Å². The molecule has 142 valence electrons. The molecule has 0 fully saturated rings. The van der Waals surface area contributed by atoms with Gasteiger partial charge in [-0.15, -0.1) is 0 Å². The lowest BCUT2D eigenvalue weighted by Crippen LogP contribution is -1.99. The van der Waals surface area contributed by atoms with E-state index in [1.165, 1.54) is 56.9 Å². The number of hydrogen-bond donors (Lipinski definition) is 0. The lowest BCUT2D eigenvalue weighted by atomic mass is 10.1. The zero-order valence-electron chi connectivity index (χ0n) is 16.5. The third-order valence-electron chi connectivity index (χ3n) is 4.68. The van der Waals surface area contributed by atoms with Crippen molar-refractivity contribution in [2.45, 2.75) is 78.1 Å². The van der Waals surface area contributed by atoms with Gasteiger partial charge in [-0.3, -0.25) is 0 Å². The molecule has 0 bridgehead atoms. The first kappa shape index (κ1) is 20.4. The van der Waals surface area contributed by atoms with Crippen molar-refractivity contribution in [1.82, 2.24) is 9.97 Å². The van der Waals surface area contributed by atoms with Crippen molar-refractivity contribution in [3.8, 4) is 17.1 Å². The van der Waals surface area contributed by atoms with E-state index >= 15 is 0 Å². The van der Waals surface area contributed by atoms with E-state index in [1.54, 1.807) is 12.4 Å². The lowest BCUT2D eigenvalue weighted by Gasteiger charge is -2.07. The predicted molar refractivity (Wildman–Crippen MR) is 110 cm³/mol. The van der Waals surface area contributed by atoms with Crippen LogP contribution >= 0.6 is 0 Å². The Morgan fingerprint density at radius 2 is 1.35 bits per heavy atom. The van der Waals surface area contributed by atoms with Crippen LogP contribution in [0.4, 0.5) is 0 Å². The van der Waals surface area contributed by atoms with Gasteiger partial charge in [0, 0.05) is 5.56 Å². The molecule has 0 radical (unpaired) electrons. The van der Waals surface area contributed by atoms with Crippen molar-refractivity contribution in [1.29, 1.82) is 0 Å². The number of benzene rings is 1. The fourth-order valence-corrected chi connectivity index (χ4v) is 3.01. The van der Waals surface area contributed by atoms with Crippen LogP contribution in [-0.2, 0) is 6.42 Å². The van der Waals surface area contributed by atoms with Crippen molar-refractivity contribution in [3.05, 3.63) is 42.2 Å². The number of nitrogens with zero attached hydrogens (tertiary/aromatic N) is 2. The zero-order chi connectivity index (χ0) is 18.5. The minimum absolute atomic E-state index is 0.751. The van der Waals surface area contributed by atoms with Crippen molar-refractivity contribution in [2.24, 2.45) is 0 Å². The number of hydrogen-bond acceptors (Lipinski definition) is 3. The Morgan fingerprint density at radius 1 is 0.731 bits per heavy atom. The maximum Gasteiger partial charge on any atom is 0.159 e. The Hall–Kier alpha value is -1.90. The first-order valence-electron chi connectivity index (χ1n) is 10.4. The molecule has 0 amide bonds. The van der Waals surface area contributed by atoms with Crippen LogP contribution in [-0.4, -0.2) is 16.6 Å². The van der Waals surface area contributed by atoms with Gasteiger partial charge >= 0.3 is 0 Å². The highest BCUT2D eigenvalue weighted by molar-refractivity contribution is 5.55. The third-order valence-corrected chi connectivity index (χ3v) is 4.68. The van der Waals surface area contributed by atoms with Crippen LogP contribution in [0.15, 0.2) is 36.7 Å². The van der Waals surface area contributed by atoms with Crippen LogP contribution in [0.5, 0.6) is 5.75 Å². The van der Waals surface area contributed by atoms with Gasteiger partial charge in [-0.05, 0) is 24.8 Å². The van der Waals surface area contributed by atoms with E-state index in [0.29, 0.717) is 0 Å². The van der Waals surface area contributed by atoms with Crippen LogP contribution in [0.2, 0.25) is 0 Å². The standard InChI is InChI=1S/C23H34N2O/c1-3-5-7-8-9-11-17-26-22-18-24-23(25-19-22)21-15-13-20(14-16-21)12-10-6-4-2/h13-16,18-19H,3-12,17H2,1-2H3. The monoisotopic (exact) mass is 354 g/mol. The van der Waals surface area contributed by atoms with E-state index in [0.717, 1.165) is 36.6 Å². The second-order valence-corrected chi connectivity index (χ2v) is 7.01. The summed E-state index contributed by atoms with van der Waals surface area (Å²) in [7, 11) is 0. The van der Waals surface area contributed by atoms with Gasteiger partial charge in [0.1, 0.15) is 0 Å². The highest BCUT2D eigenvalue weighted by Gasteiger charge is 2.03. The van der Waals surface area contributed by atoms with Crippen LogP contribution in [0, 0.1) is 0 Å². The molecule has 0 aliphatic carbocycles. The van der Waals surface area contributed by atoms with Crippen molar-refractivity contribution < 1.29 is 4.74 Å². The molecule has 1 aromatic carbocycles. The van der Waals surface area contributed by atoms with Gasteiger partial charge in [-0.2, -0.15) is 0 Å². The summed E-state index contributed by atoms with van der Waals surface area (Å²) in [6.07, 6.45) is 16.2. The Morgan fingerprint density at radius 3 is 2.04 bits per heavy atom. The summed E-state index contributed by atoms with van der Waals surface area (Å²) in [4.78, 5) is 8.91. The van der Waals surface area contributed by atoms with E-state index < -0.39 is 0 Å². The molecule has 0 aliphatic heterocycles. The maximum absolute atomic E-state index is 5.75. The Bertz CT molecular complexity index is 593. The largest absolute Gasteiger partial charge is 0.490 e. The lowest BCUT2D eigenvalue weighted by molar-refractivity contribution is 0.302. The molecule has 1 heterocycles. The number of unbranched alkanes of at least 4 members (excludes halogenated alkanes) is 7. The van der Waals surface area contributed by atoms with Gasteiger partial charge < -0.3 is 4.74 Å². The molecule has 3 heteroatoms. The van der Waals surface area contributed by atoms with Crippen molar-refractivity contribution >= 4 is 0 Å². The quantitative estimate of drug-likeness (QED) is 0.379. The predicted octanol–water partition coefficient (Wildman–Crippen LogP) is 6.62. The second-order valence-electron chi connectivity index (χ2n) is 7.01. The number of rotatable bonds is 13. The van der Waals surface area contributed by atoms with Gasteiger partial charge in [0.25, 0.3) is 0 Å². The maximum atomic E-state index is 5.75. The van der Waals surface area contributed by atoms with Gasteiger partial charge in [0.15, 0.2) is 11.6 Å². The van der Waals surface area contributed by atoms with Gasteiger partial charge in [-0.1, -0.05) is 83.1 Å². The third kappa shape index (κ3) is 7.55. The molecule has 0 aliphatic rings. The summed E-state index contributed by atoms with van der Waals surface area (Å²) in [5.74, 6) is 1.52. The smallest absolute Gasteiger partial charge is 0.159 e. The topological polar surface area (TPSA) is 35.0 Å². The summed E-state index contributed by atoms with van der Waals surface area (Å²) in [6, 6.07) is 8.62. The molecule has 1 aromatic heterocycles. The normalized spacial score (nSPS) is 10.8. The fourth-order valence-electron chi connectivity index (χ4n) is 3.01. The first-order chi connectivity index (χ1) is 12.8. The number of aromatic nitrogens is 2. The molecule has 26 heavy (non-hydrogen) atoms. The summed E-state index contributed by atoms with van der Waals surface area (Å²) in [5, 5.41) is 0. The Kier molecular flexibility index (Phi) is 9.78. The molecule has 3 nitrogen and oxygen atoms in total. The van der Waals surface area contributed by atoms with Crippen LogP contribution in [0.25, 0.3) is 11.4 Å². The average Bonchev–Trinajstić information content (AvgIpc) is 2.69. The molecule has 2 rings (SSSR count). The van der Waals surface area contributed by atoms with E-state index in [-0.39, 0.29) is 0 Å². The van der Waals surface area contributed by atoms with E-state index in [1.807, 2.05) is 0 Å². The molecule has 0 unspecified atom stereocenters. The fraction of sp³-hybridized carbons (Fsp3) is 0.565. The highest BCUT2D eigenvalue weighted by Crippen LogP contribution is 2.18. The molecular formula is C23H34N2O. The van der Waals surface area contributed by atoms with Gasteiger partial charge in [-0.25, -0.2) is 9.97 Å². The summed E-state index contributed by atoms with van der Waals surface area (Å²) >= 11 is 0. The average molecular weight is 355 g/mol. The van der Waals surface area contributed by atoms with Crippen LogP contribution in [0.3, 0.4) is 0 Å². The van der Waals surface area contributed by atoms with Crippen molar-refractivity contribution in [2.75, 3.05) is 6.61 Å². The first-order valence-corrected chi connectivity index (χ1v) is 10.4. The van der Waals surface area contributed by atoms with E-state index in [2.05, 4.69) is 48.1 Å². The zero-order valence-corrected chi connectivity index (χ0v) is 16.5. The SMILES string of the molecule is CCCCCCCCOc1cnc(-c2ccc(CCCCC)cc2)nc1. The molecule has 0 atom stereocenters. The van der Waals surface area contributed by atoms with Crippen LogP contribution < -0.4 is 4.74 Å². The molecule has 0 N–H and O–H groups in total. The Balaban J connectivity index is 1.74. The molecular weight excluding hydrogens is 320 g/mol. The van der Waals surface area contributed by atoms with E-state index in [9.17, 15) is 0 Å².